The molecule has 0 spiro atoms. The van der Waals surface area contributed by atoms with Crippen LogP contribution in [0.3, 0.4) is 0 Å². The van der Waals surface area contributed by atoms with Crippen LogP contribution in [0.5, 0.6) is 0 Å². The van der Waals surface area contributed by atoms with E-state index in [-0.39, 0.29) is 11.9 Å². The van der Waals surface area contributed by atoms with Crippen LogP contribution >= 0.6 is 0 Å². The van der Waals surface area contributed by atoms with Gasteiger partial charge in [-0.1, -0.05) is 20.3 Å². The summed E-state index contributed by atoms with van der Waals surface area (Å²) in [4.78, 5) is 2.18. The third-order valence-corrected chi connectivity index (χ3v) is 3.49. The molecule has 1 aromatic carbocycles. The average molecular weight is 252 g/mol. The summed E-state index contributed by atoms with van der Waals surface area (Å²) in [6.07, 6.45) is 1.14. The summed E-state index contributed by atoms with van der Waals surface area (Å²) >= 11 is 0. The summed E-state index contributed by atoms with van der Waals surface area (Å²) in [7, 11) is 2.05. The van der Waals surface area contributed by atoms with Crippen LogP contribution in [0.2, 0.25) is 0 Å². The molecular weight excluding hydrogens is 227 g/mol. The Morgan fingerprint density at radius 1 is 1.33 bits per heavy atom. The van der Waals surface area contributed by atoms with Crippen LogP contribution in [0.4, 0.5) is 10.1 Å². The maximum atomic E-state index is 13.6. The van der Waals surface area contributed by atoms with E-state index in [1.165, 1.54) is 0 Å². The lowest BCUT2D eigenvalue weighted by atomic mass is 10.0. The van der Waals surface area contributed by atoms with E-state index in [0.717, 1.165) is 24.2 Å². The summed E-state index contributed by atoms with van der Waals surface area (Å²) in [6, 6.07) is 3.31. The standard InChI is InChI=1S/C15H25FN2/c1-6-10(2)9-18(5)15-7-11(3)14(16)8-13(15)12(4)17/h7-8,10,12H,6,9,17H2,1-5H3/t10?,12-/m0/s1. The van der Waals surface area contributed by atoms with Gasteiger partial charge in [-0.05, 0) is 43.0 Å². The minimum Gasteiger partial charge on any atom is -0.374 e. The first-order valence-corrected chi connectivity index (χ1v) is 6.63. The highest BCUT2D eigenvalue weighted by Gasteiger charge is 2.15. The van der Waals surface area contributed by atoms with Gasteiger partial charge in [0.1, 0.15) is 5.82 Å². The number of aryl methyl sites for hydroxylation is 1. The molecule has 0 amide bonds. The fraction of sp³-hybridized carbons (Fsp3) is 0.600. The van der Waals surface area contributed by atoms with Crippen molar-refractivity contribution in [2.45, 2.75) is 40.2 Å². The van der Waals surface area contributed by atoms with Gasteiger partial charge in [-0.25, -0.2) is 4.39 Å². The van der Waals surface area contributed by atoms with Gasteiger partial charge in [0.15, 0.2) is 0 Å². The maximum Gasteiger partial charge on any atom is 0.126 e. The highest BCUT2D eigenvalue weighted by Crippen LogP contribution is 2.28. The van der Waals surface area contributed by atoms with Gasteiger partial charge in [0.05, 0.1) is 0 Å². The quantitative estimate of drug-likeness (QED) is 0.867. The second-order valence-corrected chi connectivity index (χ2v) is 5.34. The van der Waals surface area contributed by atoms with Crippen molar-refractivity contribution in [3.05, 3.63) is 29.1 Å². The summed E-state index contributed by atoms with van der Waals surface area (Å²) in [5, 5.41) is 0. The molecule has 0 aliphatic rings. The number of nitrogens with two attached hydrogens (primary N) is 1. The van der Waals surface area contributed by atoms with Crippen LogP contribution in [0.1, 0.15) is 44.4 Å². The van der Waals surface area contributed by atoms with Crippen molar-refractivity contribution in [2.75, 3.05) is 18.5 Å². The molecule has 0 saturated heterocycles. The van der Waals surface area contributed by atoms with E-state index in [0.29, 0.717) is 11.5 Å². The lowest BCUT2D eigenvalue weighted by Crippen LogP contribution is -2.26. The fourth-order valence-corrected chi connectivity index (χ4v) is 2.07. The van der Waals surface area contributed by atoms with Crippen molar-refractivity contribution in [1.29, 1.82) is 0 Å². The second kappa shape index (κ2) is 6.19. The number of rotatable bonds is 5. The lowest BCUT2D eigenvalue weighted by molar-refractivity contribution is 0.557. The monoisotopic (exact) mass is 252 g/mol. The Bertz CT molecular complexity index is 402. The topological polar surface area (TPSA) is 29.3 Å². The predicted molar refractivity (Wildman–Crippen MR) is 76.5 cm³/mol. The third kappa shape index (κ3) is 3.45. The molecule has 0 radical (unpaired) electrons. The average Bonchev–Trinajstić information content (AvgIpc) is 2.31. The van der Waals surface area contributed by atoms with Gasteiger partial charge < -0.3 is 10.6 Å². The molecule has 3 heteroatoms. The molecule has 1 aromatic rings. The lowest BCUT2D eigenvalue weighted by Gasteiger charge is -2.27. The highest BCUT2D eigenvalue weighted by molar-refractivity contribution is 5.56. The first-order valence-electron chi connectivity index (χ1n) is 6.63. The molecule has 2 N–H and O–H groups in total. The Hall–Kier alpha value is -1.09. The minimum atomic E-state index is -0.178. The Balaban J connectivity index is 3.09. The SMILES string of the molecule is CCC(C)CN(C)c1cc(C)c(F)cc1[C@H](C)N. The van der Waals surface area contributed by atoms with Crippen molar-refractivity contribution in [3.63, 3.8) is 0 Å². The highest BCUT2D eigenvalue weighted by atomic mass is 19.1. The predicted octanol–water partition coefficient (Wildman–Crippen LogP) is 3.64. The van der Waals surface area contributed by atoms with Crippen molar-refractivity contribution >= 4 is 5.69 Å². The van der Waals surface area contributed by atoms with E-state index in [1.807, 2.05) is 20.0 Å². The molecule has 1 rings (SSSR count). The zero-order valence-corrected chi connectivity index (χ0v) is 12.1. The second-order valence-electron chi connectivity index (χ2n) is 5.34. The minimum absolute atomic E-state index is 0.158. The van der Waals surface area contributed by atoms with Crippen molar-refractivity contribution in [3.8, 4) is 0 Å². The molecule has 2 atom stereocenters. The number of benzene rings is 1. The van der Waals surface area contributed by atoms with Crippen LogP contribution in [-0.4, -0.2) is 13.6 Å². The third-order valence-electron chi connectivity index (χ3n) is 3.49. The molecule has 0 aliphatic heterocycles. The van der Waals surface area contributed by atoms with Crippen LogP contribution in [0.15, 0.2) is 12.1 Å². The first-order chi connectivity index (χ1) is 8.36. The van der Waals surface area contributed by atoms with E-state index in [2.05, 4.69) is 18.7 Å². The van der Waals surface area contributed by atoms with Crippen molar-refractivity contribution in [1.82, 2.24) is 0 Å². The van der Waals surface area contributed by atoms with Gasteiger partial charge in [0, 0.05) is 25.3 Å². The van der Waals surface area contributed by atoms with E-state index < -0.39 is 0 Å². The Labute approximate surface area is 110 Å². The van der Waals surface area contributed by atoms with Crippen LogP contribution in [0, 0.1) is 18.7 Å². The Morgan fingerprint density at radius 2 is 1.94 bits per heavy atom. The molecule has 0 aromatic heterocycles. The molecule has 1 unspecified atom stereocenters. The number of hydrogen-bond donors (Lipinski definition) is 1. The van der Waals surface area contributed by atoms with Gasteiger partial charge >= 0.3 is 0 Å². The number of anilines is 1. The van der Waals surface area contributed by atoms with Gasteiger partial charge in [-0.2, -0.15) is 0 Å². The summed E-state index contributed by atoms with van der Waals surface area (Å²) in [5.41, 5.74) is 8.54. The van der Waals surface area contributed by atoms with E-state index in [1.54, 1.807) is 13.0 Å². The normalized spacial score (nSPS) is 14.4. The Morgan fingerprint density at radius 3 is 2.44 bits per heavy atom. The van der Waals surface area contributed by atoms with E-state index in [9.17, 15) is 4.39 Å². The zero-order valence-electron chi connectivity index (χ0n) is 12.1. The summed E-state index contributed by atoms with van der Waals surface area (Å²) in [6.45, 7) is 9.05. The molecule has 0 heterocycles. The van der Waals surface area contributed by atoms with Gasteiger partial charge in [-0.3, -0.25) is 0 Å². The van der Waals surface area contributed by atoms with Crippen LogP contribution in [0.25, 0.3) is 0 Å². The van der Waals surface area contributed by atoms with E-state index >= 15 is 0 Å². The van der Waals surface area contributed by atoms with Crippen molar-refractivity contribution in [2.24, 2.45) is 11.7 Å². The molecule has 2 nitrogen and oxygen atoms in total. The fourth-order valence-electron chi connectivity index (χ4n) is 2.07. The molecule has 0 saturated carbocycles. The molecule has 0 aliphatic carbocycles. The number of hydrogen-bond acceptors (Lipinski definition) is 2. The molecule has 18 heavy (non-hydrogen) atoms. The Kier molecular flexibility index (Phi) is 5.15. The number of nitrogens with zero attached hydrogens (tertiary/aromatic N) is 1. The summed E-state index contributed by atoms with van der Waals surface area (Å²) < 4.78 is 13.6. The maximum absolute atomic E-state index is 13.6. The summed E-state index contributed by atoms with van der Waals surface area (Å²) in [5.74, 6) is 0.435. The van der Waals surface area contributed by atoms with Gasteiger partial charge in [-0.15, -0.1) is 0 Å². The van der Waals surface area contributed by atoms with E-state index in [4.69, 9.17) is 5.73 Å². The zero-order chi connectivity index (χ0) is 13.9. The molecule has 102 valence electrons. The van der Waals surface area contributed by atoms with Crippen LogP contribution in [-0.2, 0) is 0 Å². The molecule has 0 fully saturated rings. The van der Waals surface area contributed by atoms with Crippen molar-refractivity contribution < 1.29 is 4.39 Å². The molecule has 0 bridgehead atoms. The number of halogens is 1. The van der Waals surface area contributed by atoms with Gasteiger partial charge in [0.25, 0.3) is 0 Å². The first kappa shape index (κ1) is 15.0. The van der Waals surface area contributed by atoms with Gasteiger partial charge in [0.2, 0.25) is 0 Å². The van der Waals surface area contributed by atoms with Crippen LogP contribution < -0.4 is 10.6 Å². The largest absolute Gasteiger partial charge is 0.374 e. The smallest absolute Gasteiger partial charge is 0.126 e. The molecular formula is C15H25FN2.